The van der Waals surface area contributed by atoms with E-state index in [9.17, 15) is 13.6 Å². The van der Waals surface area contributed by atoms with E-state index < -0.39 is 29.4 Å². The molecule has 0 fully saturated rings. The molecule has 30 heavy (non-hydrogen) atoms. The van der Waals surface area contributed by atoms with Crippen LogP contribution in [-0.4, -0.2) is 16.7 Å². The molecule has 0 saturated heterocycles. The Balaban J connectivity index is 2.05. The van der Waals surface area contributed by atoms with E-state index >= 15 is 0 Å². The molecule has 1 unspecified atom stereocenters. The summed E-state index contributed by atoms with van der Waals surface area (Å²) in [6.45, 7) is 5.26. The van der Waals surface area contributed by atoms with Crippen molar-refractivity contribution < 1.29 is 18.3 Å². The Bertz CT molecular complexity index is 1080. The highest BCUT2D eigenvalue weighted by Gasteiger charge is 2.25. The van der Waals surface area contributed by atoms with Crippen LogP contribution in [0.1, 0.15) is 38.1 Å². The molecule has 1 amide bonds. The lowest BCUT2D eigenvalue weighted by Gasteiger charge is -2.24. The first-order valence-corrected chi connectivity index (χ1v) is 10.8. The van der Waals surface area contributed by atoms with Crippen molar-refractivity contribution in [3.63, 3.8) is 0 Å². The number of hydrogen-bond acceptors (Lipinski definition) is 3. The smallest absolute Gasteiger partial charge is 0.408 e. The summed E-state index contributed by atoms with van der Waals surface area (Å²) in [5, 5.41) is 4.57. The number of nitrogens with one attached hydrogen (secondary N) is 1. The van der Waals surface area contributed by atoms with Gasteiger partial charge in [0.1, 0.15) is 21.8 Å². The summed E-state index contributed by atoms with van der Waals surface area (Å²) in [4.78, 5) is 17.1. The number of carbonyl (C=O) groups excluding carboxylic acids is 1. The number of halogens is 4. The molecule has 1 heterocycles. The van der Waals surface area contributed by atoms with Gasteiger partial charge >= 0.3 is 6.09 Å². The van der Waals surface area contributed by atoms with Crippen molar-refractivity contribution in [1.29, 1.82) is 0 Å². The van der Waals surface area contributed by atoms with Gasteiger partial charge in [-0.25, -0.2) is 18.6 Å². The van der Waals surface area contributed by atoms with Gasteiger partial charge in [0.15, 0.2) is 0 Å². The third kappa shape index (κ3) is 5.55. The number of nitrogens with zero attached hydrogens (tertiary/aromatic N) is 1. The second kappa shape index (κ2) is 8.98. The minimum Gasteiger partial charge on any atom is -0.444 e. The first-order valence-electron chi connectivity index (χ1n) is 9.21. The van der Waals surface area contributed by atoms with Gasteiger partial charge < -0.3 is 10.1 Å². The topological polar surface area (TPSA) is 51.2 Å². The molecule has 158 valence electrons. The minimum absolute atomic E-state index is 0.115. The molecule has 0 spiro atoms. The highest BCUT2D eigenvalue weighted by atomic mass is 79.9. The molecule has 3 rings (SSSR count). The van der Waals surface area contributed by atoms with Gasteiger partial charge in [0.2, 0.25) is 0 Å². The van der Waals surface area contributed by atoms with Gasteiger partial charge in [-0.2, -0.15) is 0 Å². The zero-order valence-corrected chi connectivity index (χ0v) is 19.8. The number of pyridine rings is 1. The van der Waals surface area contributed by atoms with Crippen molar-refractivity contribution in [1.82, 2.24) is 10.3 Å². The number of carbonyl (C=O) groups is 1. The summed E-state index contributed by atoms with van der Waals surface area (Å²) in [7, 11) is 0. The molecule has 0 saturated carbocycles. The third-order valence-corrected chi connectivity index (χ3v) is 5.65. The van der Waals surface area contributed by atoms with E-state index in [-0.39, 0.29) is 6.42 Å². The van der Waals surface area contributed by atoms with E-state index in [1.54, 1.807) is 20.8 Å². The molecule has 0 aliphatic heterocycles. The van der Waals surface area contributed by atoms with E-state index in [1.165, 1.54) is 12.1 Å². The number of amides is 1. The molecule has 2 aromatic carbocycles. The van der Waals surface area contributed by atoms with Gasteiger partial charge in [0.25, 0.3) is 0 Å². The van der Waals surface area contributed by atoms with Crippen LogP contribution in [0.5, 0.6) is 0 Å². The molecule has 0 aliphatic carbocycles. The fourth-order valence-electron chi connectivity index (χ4n) is 3.07. The summed E-state index contributed by atoms with van der Waals surface area (Å²) in [6.07, 6.45) is -0.535. The monoisotopic (exact) mass is 540 g/mol. The molecule has 1 atom stereocenters. The Kier molecular flexibility index (Phi) is 6.77. The quantitative estimate of drug-likeness (QED) is 0.367. The van der Waals surface area contributed by atoms with Gasteiger partial charge in [-0.1, -0.05) is 24.3 Å². The molecular formula is C22H20Br2F2N2O2. The lowest BCUT2D eigenvalue weighted by Crippen LogP contribution is -2.36. The number of ether oxygens (including phenoxy) is 1. The number of rotatable bonds is 4. The maximum Gasteiger partial charge on any atom is 0.408 e. The summed E-state index contributed by atoms with van der Waals surface area (Å²) < 4.78 is 34.1. The number of fused-ring (bicyclic) bond motifs is 1. The summed E-state index contributed by atoms with van der Waals surface area (Å²) >= 11 is 7.06. The standard InChI is InChI=1S/C22H20Br2F2N2O2/c1-22(2,3)30-21(29)27-17(10-12-8-13(25)11-14(26)9-12)19-18(23)15-6-4-5-7-16(15)20(24)28-19/h4-9,11,17H,10H2,1-3H3,(H,27,29). The largest absolute Gasteiger partial charge is 0.444 e. The maximum atomic E-state index is 13.7. The van der Waals surface area contributed by atoms with Gasteiger partial charge in [-0.15, -0.1) is 0 Å². The van der Waals surface area contributed by atoms with Gasteiger partial charge in [-0.3, -0.25) is 0 Å². The third-order valence-electron chi connectivity index (χ3n) is 4.21. The van der Waals surface area contributed by atoms with Gasteiger partial charge in [-0.05, 0) is 76.7 Å². The average Bonchev–Trinajstić information content (AvgIpc) is 2.62. The molecule has 3 aromatic rings. The molecule has 1 N–H and O–H groups in total. The van der Waals surface area contributed by atoms with Crippen LogP contribution in [0.2, 0.25) is 0 Å². The number of benzene rings is 2. The SMILES string of the molecule is CC(C)(C)OC(=O)NC(Cc1cc(F)cc(F)c1)c1nc(Br)c2ccccc2c1Br. The van der Waals surface area contributed by atoms with E-state index in [0.717, 1.165) is 16.8 Å². The van der Waals surface area contributed by atoms with Crippen molar-refractivity contribution in [2.24, 2.45) is 0 Å². The summed E-state index contributed by atoms with van der Waals surface area (Å²) in [6, 6.07) is 10.2. The van der Waals surface area contributed by atoms with Crippen LogP contribution in [0, 0.1) is 11.6 Å². The molecule has 8 heteroatoms. The van der Waals surface area contributed by atoms with E-state index in [4.69, 9.17) is 4.74 Å². The van der Waals surface area contributed by atoms with E-state index in [1.807, 2.05) is 24.3 Å². The minimum atomic E-state index is -0.700. The Morgan fingerprint density at radius 2 is 1.70 bits per heavy atom. The average molecular weight is 542 g/mol. The van der Waals surface area contributed by atoms with Crippen molar-refractivity contribution >= 4 is 48.7 Å². The highest BCUT2D eigenvalue weighted by molar-refractivity contribution is 9.11. The number of hydrogen-bond donors (Lipinski definition) is 1. The molecule has 1 aromatic heterocycles. The normalized spacial score (nSPS) is 12.6. The fourth-order valence-corrected chi connectivity index (χ4v) is 4.32. The first kappa shape index (κ1) is 22.6. The van der Waals surface area contributed by atoms with Crippen molar-refractivity contribution in [2.75, 3.05) is 0 Å². The Morgan fingerprint density at radius 1 is 1.10 bits per heavy atom. The van der Waals surface area contributed by atoms with Crippen LogP contribution >= 0.6 is 31.9 Å². The molecule has 0 bridgehead atoms. The predicted octanol–water partition coefficient (Wildman–Crippen LogP) is 6.85. The number of alkyl carbamates (subject to hydrolysis) is 1. The molecule has 0 aliphatic rings. The van der Waals surface area contributed by atoms with Crippen LogP contribution < -0.4 is 5.32 Å². The second-order valence-corrected chi connectivity index (χ2v) is 9.37. The fraction of sp³-hybridized carbons (Fsp3) is 0.273. The molecular weight excluding hydrogens is 522 g/mol. The van der Waals surface area contributed by atoms with Gasteiger partial charge in [0, 0.05) is 21.3 Å². The zero-order valence-electron chi connectivity index (χ0n) is 16.6. The van der Waals surface area contributed by atoms with Crippen LogP contribution in [0.15, 0.2) is 51.5 Å². The Labute approximate surface area is 190 Å². The van der Waals surface area contributed by atoms with Crippen LogP contribution in [0.4, 0.5) is 13.6 Å². The predicted molar refractivity (Wildman–Crippen MR) is 119 cm³/mol. The molecule has 4 nitrogen and oxygen atoms in total. The van der Waals surface area contributed by atoms with E-state index in [2.05, 4.69) is 42.2 Å². The lowest BCUT2D eigenvalue weighted by molar-refractivity contribution is 0.0502. The van der Waals surface area contributed by atoms with Gasteiger partial charge in [0.05, 0.1) is 11.7 Å². The maximum absolute atomic E-state index is 13.7. The first-order chi connectivity index (χ1) is 14.0. The van der Waals surface area contributed by atoms with Crippen LogP contribution in [0.3, 0.4) is 0 Å². The Hall–Kier alpha value is -2.06. The molecule has 0 radical (unpaired) electrons. The van der Waals surface area contributed by atoms with Crippen LogP contribution in [-0.2, 0) is 11.2 Å². The lowest BCUT2D eigenvalue weighted by atomic mass is 10.0. The van der Waals surface area contributed by atoms with Crippen molar-refractivity contribution in [2.45, 2.75) is 38.8 Å². The van der Waals surface area contributed by atoms with E-state index in [0.29, 0.717) is 20.3 Å². The van der Waals surface area contributed by atoms with Crippen molar-refractivity contribution in [3.8, 4) is 0 Å². The van der Waals surface area contributed by atoms with Crippen molar-refractivity contribution in [3.05, 3.63) is 74.4 Å². The summed E-state index contributed by atoms with van der Waals surface area (Å²) in [5.41, 5.74) is 0.191. The number of aromatic nitrogens is 1. The summed E-state index contributed by atoms with van der Waals surface area (Å²) in [5.74, 6) is -1.37. The highest BCUT2D eigenvalue weighted by Crippen LogP contribution is 2.35. The second-order valence-electron chi connectivity index (χ2n) is 7.83. The zero-order chi connectivity index (χ0) is 22.1. The Morgan fingerprint density at radius 3 is 2.30 bits per heavy atom. The van der Waals surface area contributed by atoms with Crippen LogP contribution in [0.25, 0.3) is 10.8 Å².